The van der Waals surface area contributed by atoms with E-state index >= 15 is 0 Å². The van der Waals surface area contributed by atoms with Gasteiger partial charge in [-0.1, -0.05) is 20.8 Å². The molecular formula is C13H23NO2. The molecule has 1 heterocycles. The van der Waals surface area contributed by atoms with Gasteiger partial charge in [-0.25, -0.2) is 0 Å². The van der Waals surface area contributed by atoms with Crippen LogP contribution in [0.2, 0.25) is 0 Å². The highest BCUT2D eigenvalue weighted by Gasteiger charge is 2.19. The number of carbonyl (C=O) groups is 1. The molecule has 0 aliphatic carbocycles. The van der Waals surface area contributed by atoms with E-state index in [4.69, 9.17) is 4.74 Å². The normalized spacial score (nSPS) is 22.2. The van der Waals surface area contributed by atoms with Crippen LogP contribution < -0.4 is 5.32 Å². The Labute approximate surface area is 98.2 Å². The van der Waals surface area contributed by atoms with Crippen molar-refractivity contribution in [3.05, 3.63) is 11.8 Å². The van der Waals surface area contributed by atoms with Gasteiger partial charge in [0.25, 0.3) is 0 Å². The average molecular weight is 225 g/mol. The quantitative estimate of drug-likeness (QED) is 0.746. The maximum absolute atomic E-state index is 11.7. The molecule has 1 fully saturated rings. The SMILES string of the molecule is C/C(=C/C(=O)C(C)(C)C)NCC1CCCO1. The Morgan fingerprint density at radius 3 is 2.69 bits per heavy atom. The fourth-order valence-corrected chi connectivity index (χ4v) is 1.54. The summed E-state index contributed by atoms with van der Waals surface area (Å²) in [5.41, 5.74) is 0.628. The molecule has 0 aromatic rings. The first-order valence-electron chi connectivity index (χ1n) is 5.98. The first kappa shape index (κ1) is 13.2. The van der Waals surface area contributed by atoms with Crippen LogP contribution >= 0.6 is 0 Å². The molecule has 1 atom stereocenters. The second kappa shape index (κ2) is 5.48. The molecule has 0 spiro atoms. The Morgan fingerprint density at radius 1 is 1.50 bits per heavy atom. The third-order valence-electron chi connectivity index (χ3n) is 2.72. The number of rotatable bonds is 4. The van der Waals surface area contributed by atoms with Crippen LogP contribution in [-0.2, 0) is 9.53 Å². The van der Waals surface area contributed by atoms with Crippen molar-refractivity contribution in [2.24, 2.45) is 5.41 Å². The van der Waals surface area contributed by atoms with E-state index in [9.17, 15) is 4.79 Å². The van der Waals surface area contributed by atoms with E-state index < -0.39 is 0 Å². The molecule has 3 nitrogen and oxygen atoms in total. The summed E-state index contributed by atoms with van der Waals surface area (Å²) in [4.78, 5) is 11.7. The summed E-state index contributed by atoms with van der Waals surface area (Å²) in [5, 5.41) is 3.24. The number of allylic oxidation sites excluding steroid dienone is 2. The van der Waals surface area contributed by atoms with Gasteiger partial charge in [0.15, 0.2) is 5.78 Å². The van der Waals surface area contributed by atoms with Crippen molar-refractivity contribution in [3.8, 4) is 0 Å². The van der Waals surface area contributed by atoms with E-state index in [2.05, 4.69) is 5.32 Å². The van der Waals surface area contributed by atoms with E-state index in [-0.39, 0.29) is 11.2 Å². The molecule has 1 unspecified atom stereocenters. The van der Waals surface area contributed by atoms with E-state index in [1.807, 2.05) is 27.7 Å². The predicted octanol–water partition coefficient (Wildman–Crippen LogP) is 2.27. The summed E-state index contributed by atoms with van der Waals surface area (Å²) in [7, 11) is 0. The lowest BCUT2D eigenvalue weighted by molar-refractivity contribution is -0.121. The van der Waals surface area contributed by atoms with E-state index in [1.165, 1.54) is 0 Å². The zero-order valence-electron chi connectivity index (χ0n) is 10.8. The molecule has 0 radical (unpaired) electrons. The fourth-order valence-electron chi connectivity index (χ4n) is 1.54. The Morgan fingerprint density at radius 2 is 2.19 bits per heavy atom. The number of ketones is 1. The van der Waals surface area contributed by atoms with Crippen LogP contribution in [0.3, 0.4) is 0 Å². The average Bonchev–Trinajstić information content (AvgIpc) is 2.65. The molecule has 16 heavy (non-hydrogen) atoms. The van der Waals surface area contributed by atoms with Gasteiger partial charge in [-0.2, -0.15) is 0 Å². The summed E-state index contributed by atoms with van der Waals surface area (Å²) in [6.45, 7) is 9.39. The molecule has 0 saturated carbocycles. The fraction of sp³-hybridized carbons (Fsp3) is 0.769. The third-order valence-corrected chi connectivity index (χ3v) is 2.72. The molecule has 0 bridgehead atoms. The number of hydrogen-bond donors (Lipinski definition) is 1. The monoisotopic (exact) mass is 225 g/mol. The van der Waals surface area contributed by atoms with E-state index in [0.29, 0.717) is 6.10 Å². The molecule has 0 aromatic heterocycles. The molecule has 0 amide bonds. The van der Waals surface area contributed by atoms with Gasteiger partial charge >= 0.3 is 0 Å². The molecule has 1 aliphatic rings. The number of nitrogens with one attached hydrogen (secondary N) is 1. The van der Waals surface area contributed by atoms with Gasteiger partial charge in [-0.05, 0) is 19.8 Å². The maximum Gasteiger partial charge on any atom is 0.162 e. The van der Waals surface area contributed by atoms with Crippen LogP contribution in [0.5, 0.6) is 0 Å². The summed E-state index contributed by atoms with van der Waals surface area (Å²) >= 11 is 0. The minimum absolute atomic E-state index is 0.157. The first-order valence-corrected chi connectivity index (χ1v) is 5.98. The lowest BCUT2D eigenvalue weighted by Crippen LogP contribution is -2.26. The van der Waals surface area contributed by atoms with Gasteiger partial charge in [-0.15, -0.1) is 0 Å². The molecule has 1 aliphatic heterocycles. The van der Waals surface area contributed by atoms with Crippen LogP contribution in [0.4, 0.5) is 0 Å². The highest BCUT2D eigenvalue weighted by atomic mass is 16.5. The van der Waals surface area contributed by atoms with Gasteiger partial charge in [0, 0.05) is 30.3 Å². The van der Waals surface area contributed by atoms with E-state index in [0.717, 1.165) is 31.7 Å². The molecule has 3 heteroatoms. The van der Waals surface area contributed by atoms with Crippen molar-refractivity contribution in [3.63, 3.8) is 0 Å². The minimum Gasteiger partial charge on any atom is -0.386 e. The Kier molecular flexibility index (Phi) is 4.54. The lowest BCUT2D eigenvalue weighted by Gasteiger charge is -2.16. The summed E-state index contributed by atoms with van der Waals surface area (Å²) in [6, 6.07) is 0. The highest BCUT2D eigenvalue weighted by Crippen LogP contribution is 2.16. The zero-order chi connectivity index (χ0) is 12.2. The van der Waals surface area contributed by atoms with Crippen molar-refractivity contribution in [1.82, 2.24) is 5.32 Å². The lowest BCUT2D eigenvalue weighted by atomic mass is 9.90. The number of ether oxygens (including phenoxy) is 1. The molecule has 1 saturated heterocycles. The van der Waals surface area contributed by atoms with Crippen molar-refractivity contribution >= 4 is 5.78 Å². The minimum atomic E-state index is -0.299. The molecule has 0 aromatic carbocycles. The zero-order valence-corrected chi connectivity index (χ0v) is 10.8. The molecule has 1 rings (SSSR count). The standard InChI is InChI=1S/C13H23NO2/c1-10(8-12(15)13(2,3)4)14-9-11-6-5-7-16-11/h8,11,14H,5-7,9H2,1-4H3/b10-8-. The van der Waals surface area contributed by atoms with Gasteiger partial charge in [-0.3, -0.25) is 4.79 Å². The van der Waals surface area contributed by atoms with Gasteiger partial charge in [0.05, 0.1) is 6.10 Å². The van der Waals surface area contributed by atoms with Crippen molar-refractivity contribution in [1.29, 1.82) is 0 Å². The smallest absolute Gasteiger partial charge is 0.162 e. The van der Waals surface area contributed by atoms with Crippen LogP contribution in [0.25, 0.3) is 0 Å². The summed E-state index contributed by atoms with van der Waals surface area (Å²) in [6.07, 6.45) is 4.27. The van der Waals surface area contributed by atoms with Gasteiger partial charge in [0.1, 0.15) is 0 Å². The van der Waals surface area contributed by atoms with Crippen molar-refractivity contribution in [2.75, 3.05) is 13.2 Å². The van der Waals surface area contributed by atoms with Crippen molar-refractivity contribution < 1.29 is 9.53 Å². The maximum atomic E-state index is 11.7. The topological polar surface area (TPSA) is 38.3 Å². The third kappa shape index (κ3) is 4.35. The number of carbonyl (C=O) groups excluding carboxylic acids is 1. The van der Waals surface area contributed by atoms with Gasteiger partial charge in [0.2, 0.25) is 0 Å². The van der Waals surface area contributed by atoms with Crippen molar-refractivity contribution in [2.45, 2.75) is 46.6 Å². The highest BCUT2D eigenvalue weighted by molar-refractivity contribution is 5.94. The summed E-state index contributed by atoms with van der Waals surface area (Å²) in [5.74, 6) is 0.157. The second-order valence-corrected chi connectivity index (χ2v) is 5.46. The van der Waals surface area contributed by atoms with E-state index in [1.54, 1.807) is 6.08 Å². The molecule has 92 valence electrons. The molecular weight excluding hydrogens is 202 g/mol. The van der Waals surface area contributed by atoms with Crippen LogP contribution in [-0.4, -0.2) is 25.0 Å². The Hall–Kier alpha value is -0.830. The van der Waals surface area contributed by atoms with Gasteiger partial charge < -0.3 is 10.1 Å². The van der Waals surface area contributed by atoms with Crippen LogP contribution in [0, 0.1) is 5.41 Å². The Balaban J connectivity index is 2.36. The summed E-state index contributed by atoms with van der Waals surface area (Å²) < 4.78 is 5.50. The second-order valence-electron chi connectivity index (χ2n) is 5.46. The first-order chi connectivity index (χ1) is 7.39. The van der Waals surface area contributed by atoms with Crippen LogP contribution in [0.1, 0.15) is 40.5 Å². The number of hydrogen-bond acceptors (Lipinski definition) is 3. The largest absolute Gasteiger partial charge is 0.386 e. The predicted molar refractivity (Wildman–Crippen MR) is 65.2 cm³/mol. The Bertz CT molecular complexity index is 270. The van der Waals surface area contributed by atoms with Crippen LogP contribution in [0.15, 0.2) is 11.8 Å². The molecule has 1 N–H and O–H groups in total.